The number of hydrogen-bond donors (Lipinski definition) is 0. The molecule has 0 saturated carbocycles. The van der Waals surface area contributed by atoms with Gasteiger partial charge in [0.05, 0.1) is 0 Å². The molecule has 4 heavy (non-hydrogen) atoms. The summed E-state index contributed by atoms with van der Waals surface area (Å²) in [6, 6.07) is 0. The molecule has 0 saturated heterocycles. The Morgan fingerprint density at radius 3 is 1.00 bits per heavy atom. The first kappa shape index (κ1) is 4.87. The molecule has 0 aromatic carbocycles. The lowest BCUT2D eigenvalue weighted by Gasteiger charge is -1.66. The summed E-state index contributed by atoms with van der Waals surface area (Å²) >= 11 is 14.2. The van der Waals surface area contributed by atoms with Gasteiger partial charge in [0.2, 0.25) is 4.30 Å². The fourth-order valence-corrected chi connectivity index (χ4v) is 0. The molecule has 3 heteroatoms. The normalized spacial score (nSPS) is 9.00. The zero-order chi connectivity index (χ0) is 3.58. The molecule has 0 bridgehead atoms. The van der Waals surface area contributed by atoms with Crippen molar-refractivity contribution in [2.45, 2.75) is 0 Å². The highest BCUT2D eigenvalue weighted by atomic mass is 35.6. The lowest BCUT2D eigenvalue weighted by molar-refractivity contribution is 2.38. The van der Waals surface area contributed by atoms with Gasteiger partial charge in [-0.15, -0.1) is 0 Å². The third-order valence-electron chi connectivity index (χ3n) is 0. The van der Waals surface area contributed by atoms with Crippen LogP contribution < -0.4 is 0 Å². The lowest BCUT2D eigenvalue weighted by atomic mass is 11.9. The minimum absolute atomic E-state index is 0.167. The van der Waals surface area contributed by atoms with Gasteiger partial charge in [-0.3, -0.25) is 0 Å². The van der Waals surface area contributed by atoms with Gasteiger partial charge < -0.3 is 0 Å². The van der Waals surface area contributed by atoms with Gasteiger partial charge in [-0.1, -0.05) is 34.8 Å². The van der Waals surface area contributed by atoms with E-state index in [-0.39, 0.29) is 4.30 Å². The molecule has 0 aliphatic carbocycles. The smallest absolute Gasteiger partial charge is 0.0788 e. The van der Waals surface area contributed by atoms with Crippen LogP contribution in [0.3, 0.4) is 0 Å². The molecule has 1 radical (unpaired) electrons. The van der Waals surface area contributed by atoms with E-state index < -0.39 is 0 Å². The number of rotatable bonds is 0. The first-order valence-corrected chi connectivity index (χ1v) is 1.70. The van der Waals surface area contributed by atoms with Gasteiger partial charge in [-0.25, -0.2) is 0 Å². The Kier molecular flexibility index (Phi) is 2.59. The van der Waals surface area contributed by atoms with Crippen molar-refractivity contribution in [3.05, 3.63) is 4.30 Å². The average molecular weight is 118 g/mol. The summed E-state index contributed by atoms with van der Waals surface area (Å²) in [7, 11) is 0. The first-order chi connectivity index (χ1) is 1.73. The van der Waals surface area contributed by atoms with Crippen LogP contribution in [0.5, 0.6) is 0 Å². The van der Waals surface area contributed by atoms with Crippen molar-refractivity contribution in [3.63, 3.8) is 0 Å². The number of hydrogen-bond acceptors (Lipinski definition) is 0. The van der Waals surface area contributed by atoms with Crippen LogP contribution in [0, 0.1) is 4.30 Å². The molecule has 0 aromatic rings. The van der Waals surface area contributed by atoms with Crippen molar-refractivity contribution in [1.82, 2.24) is 0 Å². The molecule has 0 heterocycles. The predicted molar refractivity (Wildman–Crippen MR) is 20.8 cm³/mol. The summed E-state index contributed by atoms with van der Waals surface area (Å²) in [6.45, 7) is 0. The lowest BCUT2D eigenvalue weighted by Crippen LogP contribution is -1.37. The van der Waals surface area contributed by atoms with Gasteiger partial charge in [0.25, 0.3) is 0 Å². The molecule has 0 fully saturated rings. The third kappa shape index (κ3) is 13.3. The van der Waals surface area contributed by atoms with E-state index in [9.17, 15) is 0 Å². The fourth-order valence-electron chi connectivity index (χ4n) is 0. The molecule has 0 rings (SSSR count). The molecule has 0 aliphatic heterocycles. The minimum Gasteiger partial charge on any atom is -0.0788 e. The van der Waals surface area contributed by atoms with Crippen molar-refractivity contribution in [2.24, 2.45) is 0 Å². The second-order valence-electron chi connectivity index (χ2n) is 0.214. The predicted octanol–water partition coefficient (Wildman–Crippen LogP) is 2.15. The van der Waals surface area contributed by atoms with Gasteiger partial charge in [0.1, 0.15) is 0 Å². The summed E-state index contributed by atoms with van der Waals surface area (Å²) in [5.41, 5.74) is 0. The Balaban J connectivity index is 2.32. The van der Waals surface area contributed by atoms with E-state index in [1.807, 2.05) is 0 Å². The first-order valence-electron chi connectivity index (χ1n) is 0.567. The maximum Gasteiger partial charge on any atom is 0.236 e. The molecule has 0 nitrogen and oxygen atoms in total. The molecule has 0 aromatic heterocycles. The summed E-state index contributed by atoms with van der Waals surface area (Å²) in [4.78, 5) is 0. The van der Waals surface area contributed by atoms with Gasteiger partial charge in [0.15, 0.2) is 0 Å². The molecule has 0 amide bonds. The van der Waals surface area contributed by atoms with Gasteiger partial charge in [0, 0.05) is 0 Å². The van der Waals surface area contributed by atoms with Gasteiger partial charge in [-0.05, 0) is 0 Å². The summed E-state index contributed by atoms with van der Waals surface area (Å²) in [5, 5.41) is 0. The molecule has 25 valence electrons. The topological polar surface area (TPSA) is 0 Å². The molecule has 0 unspecified atom stereocenters. The summed E-state index contributed by atoms with van der Waals surface area (Å²) < 4.78 is -0.167. The Morgan fingerprint density at radius 2 is 1.00 bits per heavy atom. The van der Waals surface area contributed by atoms with E-state index in [1.54, 1.807) is 0 Å². The van der Waals surface area contributed by atoms with Crippen LogP contribution in [0.15, 0.2) is 0 Å². The van der Waals surface area contributed by atoms with E-state index in [1.165, 1.54) is 0 Å². The maximum absolute atomic E-state index is 4.72. The quantitative estimate of drug-likeness (QED) is 0.457. The summed E-state index contributed by atoms with van der Waals surface area (Å²) in [5.74, 6) is 0. The minimum atomic E-state index is -0.167. The average Bonchev–Trinajstić information content (AvgIpc) is 0.811. The Hall–Kier alpha value is 0.870. The van der Waals surface area contributed by atoms with Crippen LogP contribution in [0.4, 0.5) is 0 Å². The van der Waals surface area contributed by atoms with Crippen LogP contribution in [-0.4, -0.2) is 0 Å². The van der Waals surface area contributed by atoms with Crippen LogP contribution in [0.2, 0.25) is 0 Å². The Labute approximate surface area is 39.6 Å². The molecule has 0 atom stereocenters. The SMILES string of the molecule is Cl[C](Cl)Cl. The van der Waals surface area contributed by atoms with E-state index in [0.717, 1.165) is 0 Å². The van der Waals surface area contributed by atoms with Gasteiger partial charge >= 0.3 is 0 Å². The van der Waals surface area contributed by atoms with E-state index >= 15 is 0 Å². The highest BCUT2D eigenvalue weighted by molar-refractivity contribution is 6.72. The van der Waals surface area contributed by atoms with E-state index in [2.05, 4.69) is 0 Å². The third-order valence-corrected chi connectivity index (χ3v) is 0. The highest BCUT2D eigenvalue weighted by Gasteiger charge is 1.82. The largest absolute Gasteiger partial charge is 0.236 e. The molecule has 0 spiro atoms. The summed E-state index contributed by atoms with van der Waals surface area (Å²) in [6.07, 6.45) is 0. The number of halogens is 3. The zero-order valence-electron chi connectivity index (χ0n) is 1.63. The monoisotopic (exact) mass is 117 g/mol. The highest BCUT2D eigenvalue weighted by Crippen LogP contribution is 2.15. The second-order valence-corrected chi connectivity index (χ2v) is 1.93. The van der Waals surface area contributed by atoms with Crippen LogP contribution in [-0.2, 0) is 0 Å². The van der Waals surface area contributed by atoms with Crippen LogP contribution >= 0.6 is 34.8 Å². The fraction of sp³-hybridized carbons (Fsp3) is 0. The van der Waals surface area contributed by atoms with Crippen molar-refractivity contribution in [3.8, 4) is 0 Å². The van der Waals surface area contributed by atoms with Crippen molar-refractivity contribution >= 4 is 34.8 Å². The van der Waals surface area contributed by atoms with Crippen LogP contribution in [0.25, 0.3) is 0 Å². The van der Waals surface area contributed by atoms with Crippen LogP contribution in [0.1, 0.15) is 0 Å². The molecular weight excluding hydrogens is 118 g/mol. The Bertz CT molecular complexity index is 8.00. The molecule has 0 aliphatic rings. The van der Waals surface area contributed by atoms with Crippen molar-refractivity contribution in [2.75, 3.05) is 0 Å². The second kappa shape index (κ2) is 2.13. The molecule has 0 N–H and O–H groups in total. The maximum atomic E-state index is 4.72. The van der Waals surface area contributed by atoms with Crippen molar-refractivity contribution < 1.29 is 0 Å². The standard InChI is InChI=1S/CCl3/c2-1(3)4. The zero-order valence-corrected chi connectivity index (χ0v) is 3.90. The Morgan fingerprint density at radius 1 is 1.00 bits per heavy atom. The van der Waals surface area contributed by atoms with Gasteiger partial charge in [-0.2, -0.15) is 0 Å². The molecular formula is CCl3. The van der Waals surface area contributed by atoms with Crippen molar-refractivity contribution in [1.29, 1.82) is 0 Å². The van der Waals surface area contributed by atoms with E-state index in [4.69, 9.17) is 34.8 Å². The van der Waals surface area contributed by atoms with E-state index in [0.29, 0.717) is 0 Å².